The number of fused-ring (bicyclic) bond motifs is 1. The van der Waals surface area contributed by atoms with Gasteiger partial charge in [-0.3, -0.25) is 0 Å². The van der Waals surface area contributed by atoms with Crippen molar-refractivity contribution >= 4 is 32.6 Å². The first-order valence-corrected chi connectivity index (χ1v) is 4.82. The second-order valence-corrected chi connectivity index (χ2v) is 4.07. The molecule has 0 N–H and O–H groups in total. The van der Waals surface area contributed by atoms with Gasteiger partial charge in [0.2, 0.25) is 0 Å². The molecular formula is C10H10BrNO. The largest absolute Gasteiger partial charge is 0.462 e. The number of nitrogens with zero attached hydrogens (tertiary/aromatic N) is 1. The normalized spacial score (nSPS) is 10.7. The van der Waals surface area contributed by atoms with Crippen LogP contribution in [0, 0.1) is 0 Å². The van der Waals surface area contributed by atoms with Gasteiger partial charge in [-0.05, 0) is 18.2 Å². The Labute approximate surface area is 85.3 Å². The Morgan fingerprint density at radius 2 is 2.08 bits per heavy atom. The molecule has 0 spiro atoms. The Kier molecular flexibility index (Phi) is 2.04. The molecule has 0 aliphatic rings. The molecule has 0 unspecified atom stereocenters. The number of anilines is 1. The lowest BCUT2D eigenvalue weighted by Gasteiger charge is -2.08. The number of benzene rings is 1. The molecule has 0 saturated carbocycles. The first-order valence-electron chi connectivity index (χ1n) is 4.02. The summed E-state index contributed by atoms with van der Waals surface area (Å²) in [5, 5.41) is 1.14. The second kappa shape index (κ2) is 3.07. The molecule has 0 saturated heterocycles. The molecule has 2 rings (SSSR count). The van der Waals surface area contributed by atoms with Crippen molar-refractivity contribution in [3.63, 3.8) is 0 Å². The summed E-state index contributed by atoms with van der Waals surface area (Å²) in [5.74, 6) is 0. The van der Waals surface area contributed by atoms with Gasteiger partial charge in [0.1, 0.15) is 11.8 Å². The molecule has 0 fully saturated rings. The topological polar surface area (TPSA) is 16.4 Å². The van der Waals surface area contributed by atoms with Crippen LogP contribution in [-0.4, -0.2) is 14.1 Å². The summed E-state index contributed by atoms with van der Waals surface area (Å²) in [4.78, 5) is 2.04. The van der Waals surface area contributed by atoms with Crippen molar-refractivity contribution in [1.82, 2.24) is 0 Å². The number of rotatable bonds is 1. The molecule has 68 valence electrons. The van der Waals surface area contributed by atoms with Crippen LogP contribution in [0.25, 0.3) is 11.0 Å². The van der Waals surface area contributed by atoms with Crippen LogP contribution in [0.5, 0.6) is 0 Å². The summed E-state index contributed by atoms with van der Waals surface area (Å²) in [6.45, 7) is 0. The molecule has 0 radical (unpaired) electrons. The van der Waals surface area contributed by atoms with E-state index >= 15 is 0 Å². The fourth-order valence-corrected chi connectivity index (χ4v) is 1.70. The maximum Gasteiger partial charge on any atom is 0.136 e. The van der Waals surface area contributed by atoms with Crippen LogP contribution < -0.4 is 4.90 Å². The predicted octanol–water partition coefficient (Wildman–Crippen LogP) is 3.26. The van der Waals surface area contributed by atoms with Crippen LogP contribution in [0.3, 0.4) is 0 Å². The minimum Gasteiger partial charge on any atom is -0.462 e. The van der Waals surface area contributed by atoms with E-state index in [4.69, 9.17) is 4.42 Å². The van der Waals surface area contributed by atoms with Gasteiger partial charge >= 0.3 is 0 Å². The van der Waals surface area contributed by atoms with Crippen LogP contribution >= 0.6 is 15.9 Å². The number of hydrogen-bond acceptors (Lipinski definition) is 2. The van der Waals surface area contributed by atoms with E-state index in [1.165, 1.54) is 0 Å². The van der Waals surface area contributed by atoms with Crippen molar-refractivity contribution in [3.8, 4) is 0 Å². The van der Waals surface area contributed by atoms with Crippen LogP contribution in [0.15, 0.2) is 33.4 Å². The lowest BCUT2D eigenvalue weighted by molar-refractivity contribution is 0.615. The molecule has 2 nitrogen and oxygen atoms in total. The Hall–Kier alpha value is -0.960. The van der Waals surface area contributed by atoms with Gasteiger partial charge in [0.25, 0.3) is 0 Å². The smallest absolute Gasteiger partial charge is 0.136 e. The second-order valence-electron chi connectivity index (χ2n) is 3.16. The van der Waals surface area contributed by atoms with Gasteiger partial charge in [-0.15, -0.1) is 0 Å². The Bertz CT molecular complexity index is 433. The van der Waals surface area contributed by atoms with E-state index in [-0.39, 0.29) is 0 Å². The molecule has 0 atom stereocenters. The van der Waals surface area contributed by atoms with E-state index in [9.17, 15) is 0 Å². The minimum absolute atomic E-state index is 0.923. The molecule has 13 heavy (non-hydrogen) atoms. The predicted molar refractivity (Wildman–Crippen MR) is 58.2 cm³/mol. The van der Waals surface area contributed by atoms with E-state index in [1.807, 2.05) is 31.1 Å². The fourth-order valence-electron chi connectivity index (χ4n) is 1.33. The van der Waals surface area contributed by atoms with E-state index in [0.29, 0.717) is 0 Å². The third-order valence-corrected chi connectivity index (χ3v) is 2.49. The maximum atomic E-state index is 5.40. The zero-order valence-corrected chi connectivity index (χ0v) is 9.13. The first kappa shape index (κ1) is 8.63. The minimum atomic E-state index is 0.923. The van der Waals surface area contributed by atoms with Crippen molar-refractivity contribution in [2.45, 2.75) is 0 Å². The molecule has 2 aromatic rings. The van der Waals surface area contributed by atoms with Crippen molar-refractivity contribution < 1.29 is 4.42 Å². The zero-order chi connectivity index (χ0) is 9.42. The molecule has 1 aromatic heterocycles. The third kappa shape index (κ3) is 1.44. The van der Waals surface area contributed by atoms with Gasteiger partial charge < -0.3 is 9.32 Å². The van der Waals surface area contributed by atoms with Gasteiger partial charge in [0.15, 0.2) is 0 Å². The van der Waals surface area contributed by atoms with E-state index in [0.717, 1.165) is 21.1 Å². The summed E-state index contributed by atoms with van der Waals surface area (Å²) >= 11 is 3.44. The van der Waals surface area contributed by atoms with Gasteiger partial charge in [0, 0.05) is 24.0 Å². The van der Waals surface area contributed by atoms with Crippen molar-refractivity contribution in [3.05, 3.63) is 28.9 Å². The summed E-state index contributed by atoms with van der Waals surface area (Å²) < 4.78 is 6.48. The van der Waals surface area contributed by atoms with E-state index in [1.54, 1.807) is 6.26 Å². The molecule has 0 amide bonds. The highest BCUT2D eigenvalue weighted by Gasteiger charge is 2.06. The average Bonchev–Trinajstić information content (AvgIpc) is 2.46. The van der Waals surface area contributed by atoms with Gasteiger partial charge in [-0.2, -0.15) is 0 Å². The lowest BCUT2D eigenvalue weighted by Crippen LogP contribution is -2.07. The van der Waals surface area contributed by atoms with Crippen LogP contribution in [-0.2, 0) is 0 Å². The summed E-state index contributed by atoms with van der Waals surface area (Å²) in [7, 11) is 4.01. The zero-order valence-electron chi connectivity index (χ0n) is 7.54. The Morgan fingerprint density at radius 3 is 2.77 bits per heavy atom. The molecule has 1 heterocycles. The highest BCUT2D eigenvalue weighted by atomic mass is 79.9. The molecular weight excluding hydrogens is 230 g/mol. The molecule has 0 aliphatic heterocycles. The molecule has 0 aliphatic carbocycles. The fraction of sp³-hybridized carbons (Fsp3) is 0.200. The SMILES string of the molecule is CN(C)c1coc2ccc(Br)cc12. The summed E-state index contributed by atoms with van der Waals surface area (Å²) in [5.41, 5.74) is 2.03. The standard InChI is InChI=1S/C10H10BrNO/c1-12(2)9-6-13-10-4-3-7(11)5-8(9)10/h3-6H,1-2H3. The Morgan fingerprint density at radius 1 is 1.31 bits per heavy atom. The molecule has 0 bridgehead atoms. The number of hydrogen-bond donors (Lipinski definition) is 0. The van der Waals surface area contributed by atoms with Gasteiger partial charge in [-0.1, -0.05) is 15.9 Å². The van der Waals surface area contributed by atoms with Crippen LogP contribution in [0.2, 0.25) is 0 Å². The van der Waals surface area contributed by atoms with Crippen LogP contribution in [0.4, 0.5) is 5.69 Å². The first-order chi connectivity index (χ1) is 6.18. The summed E-state index contributed by atoms with van der Waals surface area (Å²) in [6, 6.07) is 6.01. The van der Waals surface area contributed by atoms with Gasteiger partial charge in [0.05, 0.1) is 5.69 Å². The number of halogens is 1. The third-order valence-electron chi connectivity index (χ3n) is 2.00. The molecule has 1 aromatic carbocycles. The number of furan rings is 1. The van der Waals surface area contributed by atoms with Gasteiger partial charge in [-0.25, -0.2) is 0 Å². The summed E-state index contributed by atoms with van der Waals surface area (Å²) in [6.07, 6.45) is 1.77. The Balaban J connectivity index is 2.71. The monoisotopic (exact) mass is 239 g/mol. The van der Waals surface area contributed by atoms with Crippen molar-refractivity contribution in [2.75, 3.05) is 19.0 Å². The van der Waals surface area contributed by atoms with Crippen LogP contribution in [0.1, 0.15) is 0 Å². The van der Waals surface area contributed by atoms with Crippen molar-refractivity contribution in [2.24, 2.45) is 0 Å². The highest BCUT2D eigenvalue weighted by Crippen LogP contribution is 2.29. The van der Waals surface area contributed by atoms with E-state index in [2.05, 4.69) is 22.0 Å². The maximum absolute atomic E-state index is 5.40. The highest BCUT2D eigenvalue weighted by molar-refractivity contribution is 9.10. The van der Waals surface area contributed by atoms with Crippen molar-refractivity contribution in [1.29, 1.82) is 0 Å². The quantitative estimate of drug-likeness (QED) is 0.760. The lowest BCUT2D eigenvalue weighted by atomic mass is 10.2. The molecule has 3 heteroatoms. The van der Waals surface area contributed by atoms with E-state index < -0.39 is 0 Å². The average molecular weight is 240 g/mol.